The lowest BCUT2D eigenvalue weighted by molar-refractivity contribution is 0.0887. The van der Waals surface area contributed by atoms with Gasteiger partial charge < -0.3 is 15.4 Å². The van der Waals surface area contributed by atoms with Crippen molar-refractivity contribution in [1.82, 2.24) is 15.3 Å². The average Bonchev–Trinajstić information content (AvgIpc) is 2.71. The summed E-state index contributed by atoms with van der Waals surface area (Å²) in [6.07, 6.45) is 5.15. The SMILES string of the molecule is OC(c1cnc[nH]1)C1CCCNC1. The largest absolute Gasteiger partial charge is 0.386 e. The molecule has 1 aromatic heterocycles. The Morgan fingerprint density at radius 2 is 2.54 bits per heavy atom. The molecule has 1 fully saturated rings. The van der Waals surface area contributed by atoms with E-state index in [0.717, 1.165) is 31.6 Å². The van der Waals surface area contributed by atoms with Crippen molar-refractivity contribution >= 4 is 0 Å². The molecule has 2 unspecified atom stereocenters. The minimum absolute atomic E-state index is 0.328. The molecular formula is C9H15N3O. The van der Waals surface area contributed by atoms with E-state index in [4.69, 9.17) is 0 Å². The number of piperidine rings is 1. The van der Waals surface area contributed by atoms with Crippen LogP contribution in [0.2, 0.25) is 0 Å². The van der Waals surface area contributed by atoms with Gasteiger partial charge in [0, 0.05) is 12.5 Å². The zero-order chi connectivity index (χ0) is 9.10. The van der Waals surface area contributed by atoms with E-state index in [0.29, 0.717) is 5.92 Å². The number of aliphatic hydroxyl groups excluding tert-OH is 1. The number of hydrogen-bond acceptors (Lipinski definition) is 3. The maximum atomic E-state index is 9.92. The standard InChI is InChI=1S/C9H15N3O/c13-9(8-5-11-6-12-8)7-2-1-3-10-4-7/h5-7,9-10,13H,1-4H2,(H,11,12). The number of H-pyrrole nitrogens is 1. The Morgan fingerprint density at radius 1 is 1.62 bits per heavy atom. The van der Waals surface area contributed by atoms with Crippen LogP contribution < -0.4 is 5.32 Å². The number of aromatic amines is 1. The summed E-state index contributed by atoms with van der Waals surface area (Å²) in [5.74, 6) is 0.328. The van der Waals surface area contributed by atoms with Crippen molar-refractivity contribution in [1.29, 1.82) is 0 Å². The van der Waals surface area contributed by atoms with Crippen molar-refractivity contribution in [3.05, 3.63) is 18.2 Å². The van der Waals surface area contributed by atoms with Crippen LogP contribution in [0, 0.1) is 5.92 Å². The van der Waals surface area contributed by atoms with Gasteiger partial charge in [-0.05, 0) is 19.4 Å². The molecule has 1 aliphatic rings. The third-order valence-corrected chi connectivity index (χ3v) is 2.62. The predicted octanol–water partition coefficient (Wildman–Crippen LogP) is 0.443. The van der Waals surface area contributed by atoms with Crippen molar-refractivity contribution in [3.63, 3.8) is 0 Å². The molecular weight excluding hydrogens is 166 g/mol. The van der Waals surface area contributed by atoms with Crippen molar-refractivity contribution in [2.45, 2.75) is 18.9 Å². The fourth-order valence-electron chi connectivity index (χ4n) is 1.83. The molecule has 0 aromatic carbocycles. The maximum Gasteiger partial charge on any atom is 0.0993 e. The third-order valence-electron chi connectivity index (χ3n) is 2.62. The smallest absolute Gasteiger partial charge is 0.0993 e. The minimum atomic E-state index is -0.393. The van der Waals surface area contributed by atoms with Crippen molar-refractivity contribution < 1.29 is 5.11 Å². The van der Waals surface area contributed by atoms with E-state index in [1.807, 2.05) is 0 Å². The molecule has 2 atom stereocenters. The van der Waals surface area contributed by atoms with E-state index in [1.54, 1.807) is 12.5 Å². The highest BCUT2D eigenvalue weighted by Crippen LogP contribution is 2.25. The highest BCUT2D eigenvalue weighted by Gasteiger charge is 2.23. The van der Waals surface area contributed by atoms with Crippen LogP contribution >= 0.6 is 0 Å². The second-order valence-electron chi connectivity index (χ2n) is 3.56. The zero-order valence-corrected chi connectivity index (χ0v) is 7.53. The first-order valence-electron chi connectivity index (χ1n) is 4.75. The molecule has 0 spiro atoms. The van der Waals surface area contributed by atoms with Crippen LogP contribution in [0.5, 0.6) is 0 Å². The normalized spacial score (nSPS) is 25.8. The van der Waals surface area contributed by atoms with E-state index in [-0.39, 0.29) is 0 Å². The summed E-state index contributed by atoms with van der Waals surface area (Å²) in [6, 6.07) is 0. The monoisotopic (exact) mass is 181 g/mol. The number of aromatic nitrogens is 2. The van der Waals surface area contributed by atoms with E-state index in [9.17, 15) is 5.11 Å². The lowest BCUT2D eigenvalue weighted by Gasteiger charge is -2.26. The van der Waals surface area contributed by atoms with Gasteiger partial charge in [0.1, 0.15) is 0 Å². The number of imidazole rings is 1. The van der Waals surface area contributed by atoms with Crippen molar-refractivity contribution in [3.8, 4) is 0 Å². The molecule has 0 bridgehead atoms. The lowest BCUT2D eigenvalue weighted by atomic mass is 9.92. The number of hydrogen-bond donors (Lipinski definition) is 3. The Balaban J connectivity index is 1.99. The Hall–Kier alpha value is -0.870. The number of rotatable bonds is 2. The molecule has 0 aliphatic carbocycles. The molecule has 0 radical (unpaired) electrons. The first-order valence-corrected chi connectivity index (χ1v) is 4.75. The molecule has 1 aliphatic heterocycles. The Morgan fingerprint density at radius 3 is 3.15 bits per heavy atom. The van der Waals surface area contributed by atoms with Crippen LogP contribution in [-0.2, 0) is 0 Å². The molecule has 0 saturated carbocycles. The first-order chi connectivity index (χ1) is 6.38. The second kappa shape index (κ2) is 3.89. The van der Waals surface area contributed by atoms with Crippen molar-refractivity contribution in [2.24, 2.45) is 5.92 Å². The summed E-state index contributed by atoms with van der Waals surface area (Å²) in [7, 11) is 0. The molecule has 72 valence electrons. The van der Waals surface area contributed by atoms with Crippen LogP contribution in [0.4, 0.5) is 0 Å². The average molecular weight is 181 g/mol. The van der Waals surface area contributed by atoms with Gasteiger partial charge in [-0.1, -0.05) is 0 Å². The Kier molecular flexibility index (Phi) is 2.61. The molecule has 0 amide bonds. The molecule has 2 rings (SSSR count). The number of nitrogens with one attached hydrogen (secondary N) is 2. The van der Waals surface area contributed by atoms with Gasteiger partial charge in [-0.25, -0.2) is 4.98 Å². The fraction of sp³-hybridized carbons (Fsp3) is 0.667. The van der Waals surface area contributed by atoms with Crippen LogP contribution in [0.3, 0.4) is 0 Å². The molecule has 2 heterocycles. The zero-order valence-electron chi connectivity index (χ0n) is 7.53. The van der Waals surface area contributed by atoms with Gasteiger partial charge in [0.05, 0.1) is 24.3 Å². The van der Waals surface area contributed by atoms with Gasteiger partial charge >= 0.3 is 0 Å². The van der Waals surface area contributed by atoms with Crippen LogP contribution in [0.15, 0.2) is 12.5 Å². The summed E-state index contributed by atoms with van der Waals surface area (Å²) in [6.45, 7) is 1.98. The van der Waals surface area contributed by atoms with Gasteiger partial charge in [0.15, 0.2) is 0 Å². The molecule has 4 nitrogen and oxygen atoms in total. The van der Waals surface area contributed by atoms with E-state index in [1.165, 1.54) is 0 Å². The van der Waals surface area contributed by atoms with E-state index in [2.05, 4.69) is 15.3 Å². The lowest BCUT2D eigenvalue weighted by Crippen LogP contribution is -2.33. The number of aliphatic hydroxyl groups is 1. The predicted molar refractivity (Wildman–Crippen MR) is 49.1 cm³/mol. The summed E-state index contributed by atoms with van der Waals surface area (Å²) in [4.78, 5) is 6.85. The quantitative estimate of drug-likeness (QED) is 0.620. The van der Waals surface area contributed by atoms with Gasteiger partial charge in [0.2, 0.25) is 0 Å². The van der Waals surface area contributed by atoms with Crippen LogP contribution in [-0.4, -0.2) is 28.2 Å². The number of nitrogens with zero attached hydrogens (tertiary/aromatic N) is 1. The maximum absolute atomic E-state index is 9.92. The minimum Gasteiger partial charge on any atom is -0.386 e. The van der Waals surface area contributed by atoms with Gasteiger partial charge in [0.25, 0.3) is 0 Å². The summed E-state index contributed by atoms with van der Waals surface area (Å²) >= 11 is 0. The molecule has 1 saturated heterocycles. The highest BCUT2D eigenvalue weighted by molar-refractivity contribution is 5.01. The molecule has 1 aromatic rings. The van der Waals surface area contributed by atoms with Gasteiger partial charge in [-0.2, -0.15) is 0 Å². The first kappa shape index (κ1) is 8.72. The van der Waals surface area contributed by atoms with E-state index < -0.39 is 6.10 Å². The molecule has 3 N–H and O–H groups in total. The van der Waals surface area contributed by atoms with E-state index >= 15 is 0 Å². The molecule has 13 heavy (non-hydrogen) atoms. The Labute approximate surface area is 77.4 Å². The Bertz CT molecular complexity index is 241. The third kappa shape index (κ3) is 1.89. The summed E-state index contributed by atoms with van der Waals surface area (Å²) < 4.78 is 0. The second-order valence-corrected chi connectivity index (χ2v) is 3.56. The van der Waals surface area contributed by atoms with Gasteiger partial charge in [-0.15, -0.1) is 0 Å². The highest BCUT2D eigenvalue weighted by atomic mass is 16.3. The molecule has 4 heteroatoms. The topological polar surface area (TPSA) is 60.9 Å². The fourth-order valence-corrected chi connectivity index (χ4v) is 1.83. The van der Waals surface area contributed by atoms with Gasteiger partial charge in [-0.3, -0.25) is 0 Å². The summed E-state index contributed by atoms with van der Waals surface area (Å²) in [5, 5.41) is 13.2. The van der Waals surface area contributed by atoms with Crippen LogP contribution in [0.1, 0.15) is 24.6 Å². The van der Waals surface area contributed by atoms with Crippen LogP contribution in [0.25, 0.3) is 0 Å². The van der Waals surface area contributed by atoms with Crippen molar-refractivity contribution in [2.75, 3.05) is 13.1 Å². The summed E-state index contributed by atoms with van der Waals surface area (Å²) in [5.41, 5.74) is 0.828.